The van der Waals surface area contributed by atoms with Crippen LogP contribution >= 0.6 is 0 Å². The van der Waals surface area contributed by atoms with Crippen molar-refractivity contribution in [3.63, 3.8) is 0 Å². The van der Waals surface area contributed by atoms with Gasteiger partial charge < -0.3 is 19.3 Å². The molecule has 0 aliphatic carbocycles. The van der Waals surface area contributed by atoms with Crippen molar-refractivity contribution in [1.29, 1.82) is 0 Å². The molecule has 14 heavy (non-hydrogen) atoms. The van der Waals surface area contributed by atoms with E-state index in [1.165, 1.54) is 0 Å². The van der Waals surface area contributed by atoms with Gasteiger partial charge in [0.1, 0.15) is 0 Å². The van der Waals surface area contributed by atoms with Crippen molar-refractivity contribution in [3.05, 3.63) is 0 Å². The molecule has 2 atom stereocenters. The summed E-state index contributed by atoms with van der Waals surface area (Å²) in [7, 11) is 0. The number of aliphatic hydroxyl groups is 1. The lowest BCUT2D eigenvalue weighted by Crippen LogP contribution is -2.27. The Morgan fingerprint density at radius 1 is 1.21 bits per heavy atom. The minimum Gasteiger partial charge on any atom is -0.391 e. The highest BCUT2D eigenvalue weighted by atomic mass is 16.5. The molecule has 1 aliphatic rings. The van der Waals surface area contributed by atoms with Crippen LogP contribution < -0.4 is 0 Å². The van der Waals surface area contributed by atoms with Crippen LogP contribution in [-0.2, 0) is 14.2 Å². The first-order valence-electron chi connectivity index (χ1n) is 5.28. The van der Waals surface area contributed by atoms with Crippen molar-refractivity contribution in [2.75, 3.05) is 33.0 Å². The van der Waals surface area contributed by atoms with Crippen LogP contribution in [0.5, 0.6) is 0 Å². The Morgan fingerprint density at radius 3 is 2.71 bits per heavy atom. The third-order valence-corrected chi connectivity index (χ3v) is 2.20. The molecule has 1 rings (SSSR count). The Labute approximate surface area is 85.2 Å². The van der Waals surface area contributed by atoms with Gasteiger partial charge in [0.05, 0.1) is 25.4 Å². The topological polar surface area (TPSA) is 47.9 Å². The van der Waals surface area contributed by atoms with Gasteiger partial charge in [0.25, 0.3) is 0 Å². The summed E-state index contributed by atoms with van der Waals surface area (Å²) in [6.07, 6.45) is 1.22. The zero-order valence-corrected chi connectivity index (χ0v) is 8.78. The van der Waals surface area contributed by atoms with Gasteiger partial charge in [-0.2, -0.15) is 0 Å². The number of ether oxygens (including phenoxy) is 3. The molecule has 84 valence electrons. The van der Waals surface area contributed by atoms with Crippen LogP contribution in [0.2, 0.25) is 0 Å². The fourth-order valence-corrected chi connectivity index (χ4v) is 1.40. The van der Waals surface area contributed by atoms with Crippen molar-refractivity contribution in [1.82, 2.24) is 0 Å². The second kappa shape index (κ2) is 7.17. The molecule has 0 saturated carbocycles. The van der Waals surface area contributed by atoms with E-state index < -0.39 is 6.10 Å². The van der Waals surface area contributed by atoms with E-state index in [0.717, 1.165) is 6.42 Å². The molecule has 1 heterocycles. The number of hydrogen-bond acceptors (Lipinski definition) is 4. The summed E-state index contributed by atoms with van der Waals surface area (Å²) in [4.78, 5) is 0. The first-order chi connectivity index (χ1) is 6.83. The summed E-state index contributed by atoms with van der Waals surface area (Å²) in [5.74, 6) is 0. The Balaban J connectivity index is 2.24. The van der Waals surface area contributed by atoms with E-state index in [1.54, 1.807) is 0 Å². The fraction of sp³-hybridized carbons (Fsp3) is 1.00. The summed E-state index contributed by atoms with van der Waals surface area (Å²) in [6.45, 7) is 4.89. The lowest BCUT2D eigenvalue weighted by atomic mass is 10.2. The van der Waals surface area contributed by atoms with Crippen molar-refractivity contribution in [2.45, 2.75) is 32.0 Å². The third kappa shape index (κ3) is 4.91. The summed E-state index contributed by atoms with van der Waals surface area (Å²) in [5.41, 5.74) is 0. The van der Waals surface area contributed by atoms with Crippen LogP contribution in [0.3, 0.4) is 0 Å². The minimum atomic E-state index is -0.390. The lowest BCUT2D eigenvalue weighted by molar-refractivity contribution is -0.0585. The molecule has 0 aromatic heterocycles. The maximum Gasteiger partial charge on any atom is 0.0830 e. The van der Waals surface area contributed by atoms with Gasteiger partial charge in [0.2, 0.25) is 0 Å². The average Bonchev–Trinajstić information content (AvgIpc) is 2.19. The normalized spacial score (nSPS) is 31.3. The van der Waals surface area contributed by atoms with Crippen molar-refractivity contribution < 1.29 is 19.3 Å². The molecule has 0 spiro atoms. The lowest BCUT2D eigenvalue weighted by Gasteiger charge is -2.20. The van der Waals surface area contributed by atoms with Crippen LogP contribution in [0.1, 0.15) is 19.8 Å². The number of rotatable bonds is 2. The van der Waals surface area contributed by atoms with Gasteiger partial charge in [-0.3, -0.25) is 0 Å². The molecule has 0 bridgehead atoms. The number of hydrogen-bond donors (Lipinski definition) is 1. The van der Waals surface area contributed by atoms with E-state index in [9.17, 15) is 5.11 Å². The molecule has 1 fully saturated rings. The van der Waals surface area contributed by atoms with Crippen LogP contribution in [0.25, 0.3) is 0 Å². The van der Waals surface area contributed by atoms with E-state index in [1.807, 2.05) is 6.92 Å². The average molecular weight is 204 g/mol. The summed E-state index contributed by atoms with van der Waals surface area (Å²) in [5, 5.41) is 9.36. The van der Waals surface area contributed by atoms with E-state index >= 15 is 0 Å². The van der Waals surface area contributed by atoms with Crippen molar-refractivity contribution in [3.8, 4) is 0 Å². The van der Waals surface area contributed by atoms with Gasteiger partial charge in [-0.15, -0.1) is 0 Å². The van der Waals surface area contributed by atoms with Crippen LogP contribution in [0.15, 0.2) is 0 Å². The van der Waals surface area contributed by atoms with Crippen molar-refractivity contribution in [2.24, 2.45) is 0 Å². The SMILES string of the molecule is CCOC1CCOCC(O)CCOC1. The first-order valence-corrected chi connectivity index (χ1v) is 5.28. The minimum absolute atomic E-state index is 0.134. The molecule has 0 amide bonds. The zero-order chi connectivity index (χ0) is 10.2. The van der Waals surface area contributed by atoms with Gasteiger partial charge in [-0.05, 0) is 19.8 Å². The second-order valence-corrected chi connectivity index (χ2v) is 3.46. The quantitative estimate of drug-likeness (QED) is 0.714. The Morgan fingerprint density at radius 2 is 1.93 bits per heavy atom. The van der Waals surface area contributed by atoms with E-state index in [-0.39, 0.29) is 6.10 Å². The molecule has 1 N–H and O–H groups in total. The molecule has 0 radical (unpaired) electrons. The first kappa shape index (κ1) is 11.9. The summed E-state index contributed by atoms with van der Waals surface area (Å²) < 4.78 is 16.2. The van der Waals surface area contributed by atoms with Crippen LogP contribution in [-0.4, -0.2) is 50.3 Å². The second-order valence-electron chi connectivity index (χ2n) is 3.46. The van der Waals surface area contributed by atoms with E-state index in [4.69, 9.17) is 14.2 Å². The summed E-state index contributed by atoms with van der Waals surface area (Å²) in [6, 6.07) is 0. The molecule has 2 unspecified atom stereocenters. The standard InChI is InChI=1S/C10H20O4/c1-2-14-10-4-6-12-7-9(11)3-5-13-8-10/h9-11H,2-8H2,1H3. The largest absolute Gasteiger partial charge is 0.391 e. The smallest absolute Gasteiger partial charge is 0.0830 e. The highest BCUT2D eigenvalue weighted by molar-refractivity contribution is 4.60. The van der Waals surface area contributed by atoms with Gasteiger partial charge in [-0.1, -0.05) is 0 Å². The Kier molecular flexibility index (Phi) is 6.10. The fourth-order valence-electron chi connectivity index (χ4n) is 1.40. The molecule has 0 aromatic carbocycles. The monoisotopic (exact) mass is 204 g/mol. The zero-order valence-electron chi connectivity index (χ0n) is 8.78. The maximum atomic E-state index is 9.36. The Hall–Kier alpha value is -0.160. The van der Waals surface area contributed by atoms with E-state index in [2.05, 4.69) is 0 Å². The molecule has 0 aromatic rings. The predicted octanol–water partition coefficient (Wildman–Crippen LogP) is 0.579. The van der Waals surface area contributed by atoms with Crippen molar-refractivity contribution >= 4 is 0 Å². The van der Waals surface area contributed by atoms with Crippen LogP contribution in [0.4, 0.5) is 0 Å². The number of aliphatic hydroxyl groups excluding tert-OH is 1. The highest BCUT2D eigenvalue weighted by Gasteiger charge is 2.12. The third-order valence-electron chi connectivity index (χ3n) is 2.20. The van der Waals surface area contributed by atoms with Gasteiger partial charge in [0.15, 0.2) is 0 Å². The molecule has 1 aliphatic heterocycles. The predicted molar refractivity (Wildman–Crippen MR) is 52.3 cm³/mol. The molecular formula is C10H20O4. The molecule has 4 heteroatoms. The molecule has 4 nitrogen and oxygen atoms in total. The Bertz CT molecular complexity index is 128. The molecular weight excluding hydrogens is 184 g/mol. The highest BCUT2D eigenvalue weighted by Crippen LogP contribution is 2.04. The van der Waals surface area contributed by atoms with Gasteiger partial charge in [-0.25, -0.2) is 0 Å². The van der Waals surface area contributed by atoms with Gasteiger partial charge >= 0.3 is 0 Å². The van der Waals surface area contributed by atoms with E-state index in [0.29, 0.717) is 39.5 Å². The molecule has 1 saturated heterocycles. The van der Waals surface area contributed by atoms with Crippen LogP contribution in [0, 0.1) is 0 Å². The maximum absolute atomic E-state index is 9.36. The summed E-state index contributed by atoms with van der Waals surface area (Å²) >= 11 is 0. The van der Waals surface area contributed by atoms with Gasteiger partial charge in [0, 0.05) is 19.8 Å².